The lowest BCUT2D eigenvalue weighted by Crippen LogP contribution is -2.46. The number of rotatable bonds is 0. The van der Waals surface area contributed by atoms with Gasteiger partial charge in [0, 0.05) is 6.54 Å². The Morgan fingerprint density at radius 3 is 2.10 bits per heavy atom. The van der Waals surface area contributed by atoms with E-state index in [-0.39, 0.29) is 0 Å². The Morgan fingerprint density at radius 2 is 1.70 bits per heavy atom. The number of fused-ring (bicyclic) bond motifs is 2. The van der Waals surface area contributed by atoms with Gasteiger partial charge in [-0.2, -0.15) is 0 Å². The summed E-state index contributed by atoms with van der Waals surface area (Å²) < 4.78 is 0. The Hall–Kier alpha value is -0.0400. The van der Waals surface area contributed by atoms with Gasteiger partial charge in [-0.1, -0.05) is 6.92 Å². The fourth-order valence-electron chi connectivity index (χ4n) is 2.55. The average molecular weight is 139 g/mol. The fraction of sp³-hybridized carbons (Fsp3) is 1.00. The molecule has 2 bridgehead atoms. The Labute approximate surface area is 63.4 Å². The second-order valence-corrected chi connectivity index (χ2v) is 4.29. The Bertz CT molecular complexity index is 121. The first-order chi connectivity index (χ1) is 4.79. The zero-order valence-electron chi connectivity index (χ0n) is 6.90. The van der Waals surface area contributed by atoms with Crippen molar-refractivity contribution in [3.05, 3.63) is 0 Å². The molecule has 0 aromatic carbocycles. The molecule has 2 rings (SSSR count). The highest BCUT2D eigenvalue weighted by molar-refractivity contribution is 4.87. The number of nitrogens with zero attached hydrogens (tertiary/aromatic N) is 1. The predicted octanol–water partition coefficient (Wildman–Crippen LogP) is 1.88. The van der Waals surface area contributed by atoms with Crippen molar-refractivity contribution >= 4 is 0 Å². The van der Waals surface area contributed by atoms with Gasteiger partial charge in [0.15, 0.2) is 0 Å². The molecule has 0 atom stereocenters. The monoisotopic (exact) mass is 139 g/mol. The lowest BCUT2D eigenvalue weighted by molar-refractivity contribution is 0.0525. The standard InChI is InChI=1S/C9H17N/c1-9-4-2-6-10(8-9)7-3-5-9/h2-8H2,1H3. The Morgan fingerprint density at radius 1 is 1.10 bits per heavy atom. The third-order valence-corrected chi connectivity index (χ3v) is 3.11. The van der Waals surface area contributed by atoms with E-state index in [0.29, 0.717) is 5.41 Å². The van der Waals surface area contributed by atoms with Crippen LogP contribution in [0.25, 0.3) is 0 Å². The normalized spacial score (nSPS) is 47.1. The summed E-state index contributed by atoms with van der Waals surface area (Å²) in [6.07, 6.45) is 5.83. The van der Waals surface area contributed by atoms with Crippen molar-refractivity contribution in [2.45, 2.75) is 32.6 Å². The number of piperidine rings is 2. The van der Waals surface area contributed by atoms with Crippen LogP contribution in [0.1, 0.15) is 32.6 Å². The van der Waals surface area contributed by atoms with E-state index in [1.54, 1.807) is 0 Å². The molecule has 2 aliphatic rings. The van der Waals surface area contributed by atoms with Crippen LogP contribution in [0.15, 0.2) is 0 Å². The molecule has 0 N–H and O–H groups in total. The minimum atomic E-state index is 0.705. The third-order valence-electron chi connectivity index (χ3n) is 3.11. The Kier molecular flexibility index (Phi) is 1.48. The van der Waals surface area contributed by atoms with Crippen LogP contribution < -0.4 is 0 Å². The summed E-state index contributed by atoms with van der Waals surface area (Å²) >= 11 is 0. The summed E-state index contributed by atoms with van der Waals surface area (Å²) in [5.41, 5.74) is 0.705. The third kappa shape index (κ3) is 1.07. The molecule has 2 saturated heterocycles. The molecule has 2 heterocycles. The summed E-state index contributed by atoms with van der Waals surface area (Å²) in [6.45, 7) is 6.58. The van der Waals surface area contributed by atoms with Crippen molar-refractivity contribution in [1.82, 2.24) is 4.90 Å². The van der Waals surface area contributed by atoms with Crippen LogP contribution in [0.3, 0.4) is 0 Å². The first-order valence-electron chi connectivity index (χ1n) is 4.51. The molecular weight excluding hydrogens is 122 g/mol. The first-order valence-corrected chi connectivity index (χ1v) is 4.51. The topological polar surface area (TPSA) is 3.24 Å². The molecule has 2 fully saturated rings. The highest BCUT2D eigenvalue weighted by Gasteiger charge is 2.33. The van der Waals surface area contributed by atoms with Crippen LogP contribution in [-0.2, 0) is 0 Å². The van der Waals surface area contributed by atoms with Crippen molar-refractivity contribution in [3.63, 3.8) is 0 Å². The zero-order valence-corrected chi connectivity index (χ0v) is 6.90. The van der Waals surface area contributed by atoms with Gasteiger partial charge in [-0.15, -0.1) is 0 Å². The van der Waals surface area contributed by atoms with Gasteiger partial charge in [0.1, 0.15) is 0 Å². The molecule has 0 radical (unpaired) electrons. The highest BCUT2D eigenvalue weighted by Crippen LogP contribution is 2.37. The van der Waals surface area contributed by atoms with Gasteiger partial charge in [0.25, 0.3) is 0 Å². The number of hydrogen-bond donors (Lipinski definition) is 0. The van der Waals surface area contributed by atoms with Crippen LogP contribution in [0.4, 0.5) is 0 Å². The van der Waals surface area contributed by atoms with Crippen LogP contribution in [0.2, 0.25) is 0 Å². The quantitative estimate of drug-likeness (QED) is 0.495. The number of hydrogen-bond acceptors (Lipinski definition) is 1. The van der Waals surface area contributed by atoms with Gasteiger partial charge < -0.3 is 4.90 Å². The largest absolute Gasteiger partial charge is 0.303 e. The minimum Gasteiger partial charge on any atom is -0.303 e. The molecule has 58 valence electrons. The predicted molar refractivity (Wildman–Crippen MR) is 43.0 cm³/mol. The molecule has 0 amide bonds. The van der Waals surface area contributed by atoms with Crippen molar-refractivity contribution in [2.75, 3.05) is 19.6 Å². The van der Waals surface area contributed by atoms with Crippen LogP contribution in [-0.4, -0.2) is 24.5 Å². The van der Waals surface area contributed by atoms with Crippen LogP contribution in [0.5, 0.6) is 0 Å². The maximum absolute atomic E-state index is 2.63. The van der Waals surface area contributed by atoms with Gasteiger partial charge in [0.2, 0.25) is 0 Å². The molecule has 0 saturated carbocycles. The van der Waals surface area contributed by atoms with Gasteiger partial charge in [0.05, 0.1) is 0 Å². The lowest BCUT2D eigenvalue weighted by atomic mass is 9.75. The second-order valence-electron chi connectivity index (χ2n) is 4.29. The molecule has 1 heteroatoms. The highest BCUT2D eigenvalue weighted by atomic mass is 15.1. The van der Waals surface area contributed by atoms with E-state index < -0.39 is 0 Å². The van der Waals surface area contributed by atoms with E-state index in [1.165, 1.54) is 45.3 Å². The summed E-state index contributed by atoms with van der Waals surface area (Å²) in [7, 11) is 0. The molecule has 0 unspecified atom stereocenters. The second kappa shape index (κ2) is 2.23. The molecule has 2 aliphatic heterocycles. The Balaban J connectivity index is 2.07. The van der Waals surface area contributed by atoms with E-state index in [2.05, 4.69) is 11.8 Å². The molecule has 0 aromatic rings. The van der Waals surface area contributed by atoms with E-state index in [9.17, 15) is 0 Å². The summed E-state index contributed by atoms with van der Waals surface area (Å²) in [4.78, 5) is 2.63. The zero-order chi connectivity index (χ0) is 7.03. The van der Waals surface area contributed by atoms with Crippen molar-refractivity contribution in [1.29, 1.82) is 0 Å². The van der Waals surface area contributed by atoms with Gasteiger partial charge in [-0.3, -0.25) is 0 Å². The smallest absolute Gasteiger partial charge is 0.00353 e. The summed E-state index contributed by atoms with van der Waals surface area (Å²) in [5.74, 6) is 0. The van der Waals surface area contributed by atoms with E-state index in [1.807, 2.05) is 0 Å². The van der Waals surface area contributed by atoms with Crippen molar-refractivity contribution in [3.8, 4) is 0 Å². The molecule has 0 spiro atoms. The van der Waals surface area contributed by atoms with Crippen LogP contribution in [0, 0.1) is 5.41 Å². The average Bonchev–Trinajstić information content (AvgIpc) is 1.86. The fourth-order valence-corrected chi connectivity index (χ4v) is 2.55. The molecule has 1 nitrogen and oxygen atoms in total. The van der Waals surface area contributed by atoms with Gasteiger partial charge >= 0.3 is 0 Å². The minimum absolute atomic E-state index is 0.705. The molecule has 10 heavy (non-hydrogen) atoms. The van der Waals surface area contributed by atoms with Crippen LogP contribution >= 0.6 is 0 Å². The summed E-state index contributed by atoms with van der Waals surface area (Å²) in [5, 5.41) is 0. The molecule has 0 aliphatic carbocycles. The SMILES string of the molecule is CC12CCCN(CCC1)C2. The lowest BCUT2D eigenvalue weighted by Gasteiger charge is -2.45. The van der Waals surface area contributed by atoms with E-state index in [4.69, 9.17) is 0 Å². The maximum atomic E-state index is 2.63. The van der Waals surface area contributed by atoms with E-state index >= 15 is 0 Å². The molecule has 0 aromatic heterocycles. The van der Waals surface area contributed by atoms with Crippen molar-refractivity contribution < 1.29 is 0 Å². The van der Waals surface area contributed by atoms with Gasteiger partial charge in [-0.05, 0) is 44.2 Å². The maximum Gasteiger partial charge on any atom is 0.00353 e. The van der Waals surface area contributed by atoms with Gasteiger partial charge in [-0.25, -0.2) is 0 Å². The summed E-state index contributed by atoms with van der Waals surface area (Å²) in [6, 6.07) is 0. The first kappa shape index (κ1) is 6.66. The molecular formula is C9H17N. The van der Waals surface area contributed by atoms with Crippen molar-refractivity contribution in [2.24, 2.45) is 5.41 Å². The van der Waals surface area contributed by atoms with E-state index in [0.717, 1.165) is 0 Å².